The van der Waals surface area contributed by atoms with Crippen LogP contribution in [0.15, 0.2) is 47.4 Å². The van der Waals surface area contributed by atoms with Crippen molar-refractivity contribution < 1.29 is 17.6 Å². The van der Waals surface area contributed by atoms with Crippen molar-refractivity contribution in [3.05, 3.63) is 59.4 Å². The van der Waals surface area contributed by atoms with E-state index >= 15 is 0 Å². The SMILES string of the molecule is CCN(Cc1cccc(F)c1)S(=O)(=O)c1cc(NC(C)=O)ccc1C. The summed E-state index contributed by atoms with van der Waals surface area (Å²) >= 11 is 0. The van der Waals surface area contributed by atoms with Gasteiger partial charge in [0.1, 0.15) is 5.82 Å². The third-order valence-corrected chi connectivity index (χ3v) is 5.79. The Kier molecular flexibility index (Phi) is 5.92. The summed E-state index contributed by atoms with van der Waals surface area (Å²) in [6.45, 7) is 5.09. The Morgan fingerprint density at radius 1 is 1.20 bits per heavy atom. The van der Waals surface area contributed by atoms with E-state index in [4.69, 9.17) is 0 Å². The quantitative estimate of drug-likeness (QED) is 0.855. The molecule has 0 aliphatic rings. The van der Waals surface area contributed by atoms with E-state index in [0.29, 0.717) is 16.8 Å². The van der Waals surface area contributed by atoms with Crippen molar-refractivity contribution in [2.45, 2.75) is 32.2 Å². The fourth-order valence-corrected chi connectivity index (χ4v) is 4.19. The Morgan fingerprint density at radius 3 is 2.52 bits per heavy atom. The van der Waals surface area contributed by atoms with Crippen LogP contribution in [0.1, 0.15) is 25.0 Å². The van der Waals surface area contributed by atoms with Gasteiger partial charge in [0.15, 0.2) is 0 Å². The molecule has 0 spiro atoms. The van der Waals surface area contributed by atoms with Gasteiger partial charge in [-0.3, -0.25) is 4.79 Å². The van der Waals surface area contributed by atoms with E-state index in [0.717, 1.165) is 0 Å². The number of nitrogens with zero attached hydrogens (tertiary/aromatic N) is 1. The molecule has 0 atom stereocenters. The Morgan fingerprint density at radius 2 is 1.92 bits per heavy atom. The first-order valence-corrected chi connectivity index (χ1v) is 9.31. The second-order valence-corrected chi connectivity index (χ2v) is 7.63. The normalized spacial score (nSPS) is 11.6. The molecule has 2 aromatic rings. The summed E-state index contributed by atoms with van der Waals surface area (Å²) in [7, 11) is -3.79. The molecule has 0 radical (unpaired) electrons. The fraction of sp³-hybridized carbons (Fsp3) is 0.278. The van der Waals surface area contributed by atoms with Gasteiger partial charge in [-0.25, -0.2) is 12.8 Å². The number of aryl methyl sites for hydroxylation is 1. The first-order valence-electron chi connectivity index (χ1n) is 7.87. The molecule has 0 bridgehead atoms. The van der Waals surface area contributed by atoms with Gasteiger partial charge in [-0.05, 0) is 42.3 Å². The third-order valence-electron chi connectivity index (χ3n) is 3.73. The van der Waals surface area contributed by atoms with Gasteiger partial charge in [0.05, 0.1) is 4.90 Å². The highest BCUT2D eigenvalue weighted by Crippen LogP contribution is 2.25. The van der Waals surface area contributed by atoms with Gasteiger partial charge >= 0.3 is 0 Å². The lowest BCUT2D eigenvalue weighted by molar-refractivity contribution is -0.114. The Balaban J connectivity index is 2.39. The van der Waals surface area contributed by atoms with E-state index in [1.165, 1.54) is 29.4 Å². The molecule has 134 valence electrons. The van der Waals surface area contributed by atoms with E-state index in [2.05, 4.69) is 5.32 Å². The second-order valence-electron chi connectivity index (χ2n) is 5.72. The number of amides is 1. The number of rotatable bonds is 6. The van der Waals surface area contributed by atoms with Crippen LogP contribution < -0.4 is 5.32 Å². The summed E-state index contributed by atoms with van der Waals surface area (Å²) < 4.78 is 40.7. The smallest absolute Gasteiger partial charge is 0.243 e. The molecule has 2 aromatic carbocycles. The number of carbonyl (C=O) groups excluding carboxylic acids is 1. The van der Waals surface area contributed by atoms with E-state index < -0.39 is 15.8 Å². The van der Waals surface area contributed by atoms with Crippen LogP contribution in [0.5, 0.6) is 0 Å². The number of carbonyl (C=O) groups is 1. The number of sulfonamides is 1. The molecule has 0 unspecified atom stereocenters. The molecule has 0 fully saturated rings. The van der Waals surface area contributed by atoms with Gasteiger partial charge in [-0.1, -0.05) is 25.1 Å². The molecule has 1 N–H and O–H groups in total. The van der Waals surface area contributed by atoms with Gasteiger partial charge in [-0.15, -0.1) is 0 Å². The zero-order valence-corrected chi connectivity index (χ0v) is 15.2. The van der Waals surface area contributed by atoms with Crippen LogP contribution in [-0.2, 0) is 21.4 Å². The largest absolute Gasteiger partial charge is 0.326 e. The number of halogens is 1. The molecular weight excluding hydrogens is 343 g/mol. The van der Waals surface area contributed by atoms with Gasteiger partial charge in [0, 0.05) is 25.7 Å². The van der Waals surface area contributed by atoms with Crippen molar-refractivity contribution in [3.8, 4) is 0 Å². The molecule has 7 heteroatoms. The highest BCUT2D eigenvalue weighted by atomic mass is 32.2. The van der Waals surface area contributed by atoms with Crippen molar-refractivity contribution in [1.82, 2.24) is 4.31 Å². The van der Waals surface area contributed by atoms with Crippen molar-refractivity contribution in [2.24, 2.45) is 0 Å². The summed E-state index contributed by atoms with van der Waals surface area (Å²) in [6, 6.07) is 10.6. The Bertz CT molecular complexity index is 882. The van der Waals surface area contributed by atoms with E-state index in [-0.39, 0.29) is 23.9 Å². The maximum Gasteiger partial charge on any atom is 0.243 e. The molecule has 0 heterocycles. The molecule has 5 nitrogen and oxygen atoms in total. The Hall–Kier alpha value is -2.25. The van der Waals surface area contributed by atoms with Crippen LogP contribution >= 0.6 is 0 Å². The average Bonchev–Trinajstić information content (AvgIpc) is 2.53. The van der Waals surface area contributed by atoms with E-state index in [9.17, 15) is 17.6 Å². The summed E-state index contributed by atoms with van der Waals surface area (Å²) in [4.78, 5) is 11.3. The first kappa shape index (κ1) is 19.1. The third kappa shape index (κ3) is 4.64. The molecular formula is C18H21FN2O3S. The van der Waals surface area contributed by atoms with Gasteiger partial charge in [-0.2, -0.15) is 4.31 Å². The molecule has 25 heavy (non-hydrogen) atoms. The average molecular weight is 364 g/mol. The predicted molar refractivity (Wildman–Crippen MR) is 95.2 cm³/mol. The zero-order chi connectivity index (χ0) is 18.6. The minimum absolute atomic E-state index is 0.0698. The highest BCUT2D eigenvalue weighted by Gasteiger charge is 2.25. The van der Waals surface area contributed by atoms with Crippen molar-refractivity contribution in [1.29, 1.82) is 0 Å². The molecule has 0 aromatic heterocycles. The summed E-state index contributed by atoms with van der Waals surface area (Å²) in [5.74, 6) is -0.686. The highest BCUT2D eigenvalue weighted by molar-refractivity contribution is 7.89. The number of anilines is 1. The maximum absolute atomic E-state index is 13.4. The number of hydrogen-bond donors (Lipinski definition) is 1. The second kappa shape index (κ2) is 7.76. The van der Waals surface area contributed by atoms with Gasteiger partial charge in [0.2, 0.25) is 15.9 Å². The lowest BCUT2D eigenvalue weighted by Gasteiger charge is -2.22. The molecule has 0 aliphatic carbocycles. The van der Waals surface area contributed by atoms with Crippen LogP contribution in [0, 0.1) is 12.7 Å². The number of benzene rings is 2. The lowest BCUT2D eigenvalue weighted by Crippen LogP contribution is -2.31. The molecule has 2 rings (SSSR count). The van der Waals surface area contributed by atoms with Crippen LogP contribution in [0.25, 0.3) is 0 Å². The van der Waals surface area contributed by atoms with Crippen LogP contribution in [-0.4, -0.2) is 25.2 Å². The minimum Gasteiger partial charge on any atom is -0.326 e. The maximum atomic E-state index is 13.4. The van der Waals surface area contributed by atoms with Gasteiger partial charge in [0.25, 0.3) is 0 Å². The summed E-state index contributed by atoms with van der Waals surface area (Å²) in [5.41, 5.74) is 1.56. The Labute approximate surface area is 147 Å². The first-order chi connectivity index (χ1) is 11.7. The van der Waals surface area contributed by atoms with Crippen LogP contribution in [0.2, 0.25) is 0 Å². The molecule has 0 saturated carbocycles. The number of nitrogens with one attached hydrogen (secondary N) is 1. The molecule has 1 amide bonds. The van der Waals surface area contributed by atoms with Crippen LogP contribution in [0.4, 0.5) is 10.1 Å². The zero-order valence-electron chi connectivity index (χ0n) is 14.4. The summed E-state index contributed by atoms with van der Waals surface area (Å²) in [5, 5.41) is 2.59. The van der Waals surface area contributed by atoms with E-state index in [1.807, 2.05) is 0 Å². The monoisotopic (exact) mass is 364 g/mol. The van der Waals surface area contributed by atoms with Gasteiger partial charge < -0.3 is 5.32 Å². The molecule has 0 aliphatic heterocycles. The van der Waals surface area contributed by atoms with E-state index in [1.54, 1.807) is 38.1 Å². The standard InChI is InChI=1S/C18H21FN2O3S/c1-4-21(12-15-6-5-7-16(19)10-15)25(23,24)18-11-17(20-14(3)22)9-8-13(18)2/h5-11H,4,12H2,1-3H3,(H,20,22). The predicted octanol–water partition coefficient (Wildman–Crippen LogP) is 3.30. The molecule has 0 saturated heterocycles. The summed E-state index contributed by atoms with van der Waals surface area (Å²) in [6.07, 6.45) is 0. The van der Waals surface area contributed by atoms with Crippen molar-refractivity contribution in [2.75, 3.05) is 11.9 Å². The van der Waals surface area contributed by atoms with Crippen molar-refractivity contribution in [3.63, 3.8) is 0 Å². The number of hydrogen-bond acceptors (Lipinski definition) is 3. The van der Waals surface area contributed by atoms with Crippen molar-refractivity contribution >= 4 is 21.6 Å². The topological polar surface area (TPSA) is 66.5 Å². The minimum atomic E-state index is -3.79. The lowest BCUT2D eigenvalue weighted by atomic mass is 10.2. The fourth-order valence-electron chi connectivity index (χ4n) is 2.50. The van der Waals surface area contributed by atoms with Crippen LogP contribution in [0.3, 0.4) is 0 Å².